The number of hydrogen-bond acceptors (Lipinski definition) is 3. The van der Waals surface area contributed by atoms with Gasteiger partial charge in [-0.05, 0) is 55.8 Å². The number of ether oxygens (including phenoxy) is 2. The summed E-state index contributed by atoms with van der Waals surface area (Å²) in [4.78, 5) is 12.7. The second-order valence-corrected chi connectivity index (χ2v) is 6.76. The molecule has 1 heterocycles. The lowest BCUT2D eigenvalue weighted by molar-refractivity contribution is 0.0989. The summed E-state index contributed by atoms with van der Waals surface area (Å²) in [6.45, 7) is 3.97. The summed E-state index contributed by atoms with van der Waals surface area (Å²) in [5, 5.41) is 0.622. The Balaban J connectivity index is 1.95. The molecule has 0 N–H and O–H groups in total. The van der Waals surface area contributed by atoms with Crippen molar-refractivity contribution >= 4 is 23.5 Å². The minimum Gasteiger partial charge on any atom is -0.495 e. The Morgan fingerprint density at radius 2 is 2.04 bits per heavy atom. The van der Waals surface area contributed by atoms with E-state index in [2.05, 4.69) is 0 Å². The van der Waals surface area contributed by atoms with E-state index in [1.807, 2.05) is 44.2 Å². The monoisotopic (exact) mass is 342 g/mol. The first-order valence-corrected chi connectivity index (χ1v) is 8.14. The van der Waals surface area contributed by atoms with Crippen molar-refractivity contribution in [3.8, 4) is 11.5 Å². The molecule has 124 valence electrons. The van der Waals surface area contributed by atoms with Gasteiger partial charge >= 0.3 is 0 Å². The van der Waals surface area contributed by atoms with Crippen LogP contribution in [0.1, 0.15) is 35.3 Å². The molecule has 0 aliphatic carbocycles. The quantitative estimate of drug-likeness (QED) is 0.737. The van der Waals surface area contributed by atoms with Gasteiger partial charge in [0.25, 0.3) is 0 Å². The molecule has 0 bridgehead atoms. The summed E-state index contributed by atoms with van der Waals surface area (Å²) in [6.07, 6.45) is 4.18. The minimum atomic E-state index is -0.371. The highest BCUT2D eigenvalue weighted by molar-refractivity contribution is 6.30. The highest BCUT2D eigenvalue weighted by Crippen LogP contribution is 2.39. The van der Waals surface area contributed by atoms with Crippen LogP contribution in [0.25, 0.3) is 6.08 Å². The topological polar surface area (TPSA) is 35.5 Å². The molecule has 3 rings (SSSR count). The molecule has 0 amide bonds. The van der Waals surface area contributed by atoms with Crippen LogP contribution >= 0.6 is 11.6 Å². The van der Waals surface area contributed by atoms with Gasteiger partial charge in [-0.15, -0.1) is 0 Å². The lowest BCUT2D eigenvalue weighted by atomic mass is 9.96. The molecule has 1 aliphatic rings. The molecular formula is C20H19ClO3. The average Bonchev–Trinajstić information content (AvgIpc) is 2.52. The molecular weight excluding hydrogens is 324 g/mol. The van der Waals surface area contributed by atoms with E-state index >= 15 is 0 Å². The van der Waals surface area contributed by atoms with Crippen molar-refractivity contribution in [3.63, 3.8) is 0 Å². The third-order valence-corrected chi connectivity index (χ3v) is 4.17. The van der Waals surface area contributed by atoms with Gasteiger partial charge in [-0.3, -0.25) is 4.79 Å². The van der Waals surface area contributed by atoms with Crippen LogP contribution in [0.2, 0.25) is 5.02 Å². The van der Waals surface area contributed by atoms with Crippen LogP contribution in [0.5, 0.6) is 11.5 Å². The van der Waals surface area contributed by atoms with Crippen LogP contribution in [-0.4, -0.2) is 18.5 Å². The second-order valence-electron chi connectivity index (χ2n) is 6.33. The Morgan fingerprint density at radius 3 is 2.75 bits per heavy atom. The summed E-state index contributed by atoms with van der Waals surface area (Å²) >= 11 is 5.99. The predicted molar refractivity (Wildman–Crippen MR) is 96.2 cm³/mol. The maximum Gasteiger partial charge on any atom is 0.170 e. The molecule has 0 aromatic heterocycles. The molecule has 0 saturated carbocycles. The Bertz CT molecular complexity index is 822. The fourth-order valence-corrected chi connectivity index (χ4v) is 3.01. The molecule has 24 heavy (non-hydrogen) atoms. The van der Waals surface area contributed by atoms with E-state index in [4.69, 9.17) is 21.1 Å². The molecule has 4 heteroatoms. The summed E-state index contributed by atoms with van der Waals surface area (Å²) in [7, 11) is 1.57. The summed E-state index contributed by atoms with van der Waals surface area (Å²) in [5.74, 6) is 1.25. The van der Waals surface area contributed by atoms with Crippen LogP contribution in [0.4, 0.5) is 0 Å². The second kappa shape index (κ2) is 6.33. The van der Waals surface area contributed by atoms with Gasteiger partial charge in [0.15, 0.2) is 5.78 Å². The van der Waals surface area contributed by atoms with E-state index in [0.717, 1.165) is 16.9 Å². The van der Waals surface area contributed by atoms with E-state index < -0.39 is 0 Å². The highest BCUT2D eigenvalue weighted by atomic mass is 35.5. The zero-order valence-corrected chi connectivity index (χ0v) is 14.7. The average molecular weight is 343 g/mol. The predicted octanol–water partition coefficient (Wildman–Crippen LogP) is 4.96. The molecule has 2 aromatic carbocycles. The molecule has 0 spiro atoms. The fourth-order valence-electron chi connectivity index (χ4n) is 2.80. The molecule has 3 nitrogen and oxygen atoms in total. The number of rotatable bonds is 4. The van der Waals surface area contributed by atoms with E-state index in [9.17, 15) is 4.79 Å². The number of benzene rings is 2. The van der Waals surface area contributed by atoms with Crippen LogP contribution in [0.15, 0.2) is 42.5 Å². The van der Waals surface area contributed by atoms with Crippen LogP contribution in [0.3, 0.4) is 0 Å². The molecule has 0 unspecified atom stereocenters. The van der Waals surface area contributed by atoms with Crippen molar-refractivity contribution in [2.45, 2.75) is 25.9 Å². The third-order valence-electron chi connectivity index (χ3n) is 3.94. The molecule has 1 aliphatic heterocycles. The Kier molecular flexibility index (Phi) is 4.37. The lowest BCUT2D eigenvalue weighted by Crippen LogP contribution is -2.27. The first kappa shape index (κ1) is 16.6. The maximum atomic E-state index is 12.7. The standard InChI is InChI=1S/C20H19ClO3/c1-20(2)10-9-16-18(24-20)8-7-15(19(16)23-3)17(22)12-13-5-4-6-14(21)11-13/h4-11H,12H2,1-3H3. The molecule has 0 saturated heterocycles. The molecule has 0 radical (unpaired) electrons. The van der Waals surface area contributed by atoms with Crippen molar-refractivity contribution in [2.75, 3.05) is 7.11 Å². The van der Waals surface area contributed by atoms with Crippen LogP contribution in [-0.2, 0) is 6.42 Å². The van der Waals surface area contributed by atoms with E-state index in [1.54, 1.807) is 25.3 Å². The van der Waals surface area contributed by atoms with Crippen molar-refractivity contribution < 1.29 is 14.3 Å². The summed E-state index contributed by atoms with van der Waals surface area (Å²) in [5.41, 5.74) is 1.85. The number of carbonyl (C=O) groups excluding carboxylic acids is 1. The minimum absolute atomic E-state index is 0.0184. The van der Waals surface area contributed by atoms with E-state index in [0.29, 0.717) is 16.3 Å². The number of Topliss-reactive ketones (excluding diaryl/α,β-unsaturated/α-hetero) is 1. The van der Waals surface area contributed by atoms with Crippen molar-refractivity contribution in [3.05, 3.63) is 64.2 Å². The third kappa shape index (κ3) is 3.31. The van der Waals surface area contributed by atoms with E-state index in [1.165, 1.54) is 0 Å². The normalized spacial score (nSPS) is 14.7. The lowest BCUT2D eigenvalue weighted by Gasteiger charge is -2.29. The SMILES string of the molecule is COc1c(C(=O)Cc2cccc(Cl)c2)ccc2c1C=CC(C)(C)O2. The highest BCUT2D eigenvalue weighted by Gasteiger charge is 2.26. The van der Waals surface area contributed by atoms with E-state index in [-0.39, 0.29) is 17.8 Å². The van der Waals surface area contributed by atoms with Crippen molar-refractivity contribution in [1.82, 2.24) is 0 Å². The number of hydrogen-bond donors (Lipinski definition) is 0. The van der Waals surface area contributed by atoms with Crippen LogP contribution in [0, 0.1) is 0 Å². The number of halogens is 1. The Hall–Kier alpha value is -2.26. The van der Waals surface area contributed by atoms with Gasteiger partial charge in [-0.1, -0.05) is 23.7 Å². The first-order valence-electron chi connectivity index (χ1n) is 7.76. The molecule has 2 aromatic rings. The molecule has 0 fully saturated rings. The molecule has 0 atom stereocenters. The van der Waals surface area contributed by atoms with Gasteiger partial charge in [0.05, 0.1) is 18.2 Å². The van der Waals surface area contributed by atoms with Gasteiger partial charge in [0, 0.05) is 11.4 Å². The zero-order valence-electron chi connectivity index (χ0n) is 13.9. The van der Waals surface area contributed by atoms with Gasteiger partial charge < -0.3 is 9.47 Å². The zero-order chi connectivity index (χ0) is 17.3. The Labute approximate surface area is 146 Å². The smallest absolute Gasteiger partial charge is 0.170 e. The van der Waals surface area contributed by atoms with Gasteiger partial charge in [-0.2, -0.15) is 0 Å². The van der Waals surface area contributed by atoms with Crippen molar-refractivity contribution in [2.24, 2.45) is 0 Å². The largest absolute Gasteiger partial charge is 0.495 e. The van der Waals surface area contributed by atoms with Gasteiger partial charge in [0.2, 0.25) is 0 Å². The van der Waals surface area contributed by atoms with Crippen LogP contribution < -0.4 is 9.47 Å². The number of methoxy groups -OCH3 is 1. The number of fused-ring (bicyclic) bond motifs is 1. The number of ketones is 1. The maximum absolute atomic E-state index is 12.7. The summed E-state index contributed by atoms with van der Waals surface area (Å²) < 4.78 is 11.5. The van der Waals surface area contributed by atoms with Gasteiger partial charge in [0.1, 0.15) is 17.1 Å². The summed E-state index contributed by atoms with van der Waals surface area (Å²) in [6, 6.07) is 10.9. The number of carbonyl (C=O) groups is 1. The van der Waals surface area contributed by atoms with Gasteiger partial charge in [-0.25, -0.2) is 0 Å². The van der Waals surface area contributed by atoms with Crippen molar-refractivity contribution in [1.29, 1.82) is 0 Å². The fraction of sp³-hybridized carbons (Fsp3) is 0.250. The Morgan fingerprint density at radius 1 is 1.25 bits per heavy atom. The first-order chi connectivity index (χ1) is 11.4.